The highest BCUT2D eigenvalue weighted by molar-refractivity contribution is 5.85. The van der Waals surface area contributed by atoms with E-state index in [1.807, 2.05) is 0 Å². The SMILES string of the molecule is Cl.Cl.N#Cc1cnc(NCC(F)(F)c2ccccc2)c(=O)n1CC(=O)NCCON=C(N)N. The molecule has 1 heterocycles. The number of carbonyl (C=O) groups is 1. The predicted molar refractivity (Wildman–Crippen MR) is 121 cm³/mol. The monoisotopic (exact) mass is 506 g/mol. The molecule has 0 radical (unpaired) electrons. The normalized spacial score (nSPS) is 9.97. The van der Waals surface area contributed by atoms with Crippen LogP contribution in [-0.2, 0) is 22.1 Å². The van der Waals surface area contributed by atoms with Gasteiger partial charge in [0.2, 0.25) is 11.9 Å². The summed E-state index contributed by atoms with van der Waals surface area (Å²) >= 11 is 0. The van der Waals surface area contributed by atoms with Crippen molar-refractivity contribution in [3.63, 3.8) is 0 Å². The van der Waals surface area contributed by atoms with Crippen LogP contribution < -0.4 is 27.7 Å². The molecule has 2 rings (SSSR count). The number of benzene rings is 1. The van der Waals surface area contributed by atoms with Gasteiger partial charge in [0, 0.05) is 5.56 Å². The van der Waals surface area contributed by atoms with Crippen molar-refractivity contribution in [2.45, 2.75) is 12.5 Å². The Labute approximate surface area is 199 Å². The first-order chi connectivity index (χ1) is 14.7. The number of guanidine groups is 1. The van der Waals surface area contributed by atoms with Crippen molar-refractivity contribution < 1.29 is 18.4 Å². The van der Waals surface area contributed by atoms with Gasteiger partial charge in [-0.2, -0.15) is 14.0 Å². The second-order valence-corrected chi connectivity index (χ2v) is 6.12. The molecule has 1 aromatic carbocycles. The first kappa shape index (κ1) is 29.4. The lowest BCUT2D eigenvalue weighted by atomic mass is 10.1. The van der Waals surface area contributed by atoms with Crippen LogP contribution in [0.15, 0.2) is 46.5 Å². The largest absolute Gasteiger partial charge is 0.391 e. The Morgan fingerprint density at radius 3 is 2.55 bits per heavy atom. The van der Waals surface area contributed by atoms with E-state index in [1.54, 1.807) is 12.1 Å². The summed E-state index contributed by atoms with van der Waals surface area (Å²) in [6, 6.07) is 8.79. The number of oxime groups is 1. The van der Waals surface area contributed by atoms with E-state index in [9.17, 15) is 23.6 Å². The van der Waals surface area contributed by atoms with Crippen molar-refractivity contribution in [1.82, 2.24) is 14.9 Å². The number of halogens is 4. The van der Waals surface area contributed by atoms with Gasteiger partial charge in [0.1, 0.15) is 24.9 Å². The summed E-state index contributed by atoms with van der Waals surface area (Å²) in [4.78, 5) is 33.1. The smallest absolute Gasteiger partial charge is 0.294 e. The lowest BCUT2D eigenvalue weighted by Gasteiger charge is -2.18. The van der Waals surface area contributed by atoms with Crippen LogP contribution in [0, 0.1) is 11.3 Å². The first-order valence-electron chi connectivity index (χ1n) is 8.89. The van der Waals surface area contributed by atoms with Crippen LogP contribution in [0.2, 0.25) is 0 Å². The summed E-state index contributed by atoms with van der Waals surface area (Å²) in [6.07, 6.45) is 1.01. The number of nitrogens with zero attached hydrogens (tertiary/aromatic N) is 4. The Balaban J connectivity index is 0.00000512. The van der Waals surface area contributed by atoms with Gasteiger partial charge in [0.05, 0.1) is 19.3 Å². The number of rotatable bonds is 10. The molecule has 0 aliphatic heterocycles. The standard InChI is InChI=1S/C18H20F2N8O3.2ClH/c19-18(20,12-4-2-1-3-5-12)11-26-15-16(30)28(13(8-21)9-25-15)10-14(29)24-6-7-31-27-17(22)23;;/h1-5,9H,6-7,10-11H2,(H,24,29)(H,25,26)(H4,22,23,27);2*1H. The fourth-order valence-electron chi connectivity index (χ4n) is 2.39. The molecule has 6 N–H and O–H groups in total. The van der Waals surface area contributed by atoms with Gasteiger partial charge in [-0.1, -0.05) is 30.3 Å². The van der Waals surface area contributed by atoms with E-state index in [2.05, 4.69) is 20.8 Å². The second kappa shape index (κ2) is 13.7. The zero-order chi connectivity index (χ0) is 22.9. The number of carbonyl (C=O) groups excluding carboxylic acids is 1. The van der Waals surface area contributed by atoms with Gasteiger partial charge < -0.3 is 26.9 Å². The third-order valence-electron chi connectivity index (χ3n) is 3.83. The molecule has 180 valence electrons. The van der Waals surface area contributed by atoms with Crippen molar-refractivity contribution >= 4 is 42.5 Å². The molecule has 0 spiro atoms. The summed E-state index contributed by atoms with van der Waals surface area (Å²) in [7, 11) is 0. The minimum atomic E-state index is -3.28. The van der Waals surface area contributed by atoms with Crippen molar-refractivity contribution in [3.8, 4) is 6.07 Å². The number of nitriles is 1. The molecule has 0 saturated heterocycles. The number of hydrogen-bond acceptors (Lipinski definition) is 7. The maximum atomic E-state index is 14.3. The third kappa shape index (κ3) is 8.79. The van der Waals surface area contributed by atoms with Gasteiger partial charge in [0.15, 0.2) is 5.82 Å². The lowest BCUT2D eigenvalue weighted by molar-refractivity contribution is -0.121. The Morgan fingerprint density at radius 1 is 1.27 bits per heavy atom. The summed E-state index contributed by atoms with van der Waals surface area (Å²) < 4.78 is 29.5. The number of hydrogen-bond donors (Lipinski definition) is 4. The predicted octanol–water partition coefficient (Wildman–Crippen LogP) is 0.484. The molecule has 0 aliphatic carbocycles. The fourth-order valence-corrected chi connectivity index (χ4v) is 2.39. The maximum absolute atomic E-state index is 14.3. The van der Waals surface area contributed by atoms with Gasteiger partial charge >= 0.3 is 0 Å². The molecule has 11 nitrogen and oxygen atoms in total. The quantitative estimate of drug-likeness (QED) is 0.156. The minimum absolute atomic E-state index is 0. The van der Waals surface area contributed by atoms with Gasteiger partial charge in [-0.15, -0.1) is 24.8 Å². The number of nitrogens with one attached hydrogen (secondary N) is 2. The topological polar surface area (TPSA) is 173 Å². The molecular formula is C18H22Cl2F2N8O3. The van der Waals surface area contributed by atoms with E-state index >= 15 is 0 Å². The van der Waals surface area contributed by atoms with Crippen LogP contribution in [0.3, 0.4) is 0 Å². The lowest BCUT2D eigenvalue weighted by Crippen LogP contribution is -2.37. The van der Waals surface area contributed by atoms with Crippen LogP contribution in [0.1, 0.15) is 11.3 Å². The summed E-state index contributed by atoms with van der Waals surface area (Å²) in [5.74, 6) is -4.61. The summed E-state index contributed by atoms with van der Waals surface area (Å²) in [5, 5.41) is 17.2. The Bertz CT molecular complexity index is 1040. The fraction of sp³-hybridized carbons (Fsp3) is 0.278. The molecule has 33 heavy (non-hydrogen) atoms. The molecule has 0 fully saturated rings. The van der Waals surface area contributed by atoms with Crippen LogP contribution in [0.25, 0.3) is 0 Å². The van der Waals surface area contributed by atoms with Crippen LogP contribution in [-0.4, -0.2) is 41.1 Å². The zero-order valence-electron chi connectivity index (χ0n) is 17.0. The highest BCUT2D eigenvalue weighted by atomic mass is 35.5. The molecular weight excluding hydrogens is 485 g/mol. The summed E-state index contributed by atoms with van der Waals surface area (Å²) in [6.45, 7) is -1.46. The highest BCUT2D eigenvalue weighted by Crippen LogP contribution is 2.27. The van der Waals surface area contributed by atoms with Crippen LogP contribution in [0.4, 0.5) is 14.6 Å². The number of anilines is 1. The third-order valence-corrected chi connectivity index (χ3v) is 3.83. The van der Waals surface area contributed by atoms with E-state index in [0.717, 1.165) is 10.8 Å². The van der Waals surface area contributed by atoms with E-state index < -0.39 is 36.3 Å². The molecule has 1 aromatic heterocycles. The molecule has 15 heteroatoms. The Morgan fingerprint density at radius 2 is 1.94 bits per heavy atom. The molecule has 2 aromatic rings. The number of amides is 1. The Kier molecular flexibility index (Phi) is 12.2. The number of nitrogens with two attached hydrogens (primary N) is 2. The average Bonchev–Trinajstić information content (AvgIpc) is 2.74. The van der Waals surface area contributed by atoms with Crippen molar-refractivity contribution in [1.29, 1.82) is 5.26 Å². The highest BCUT2D eigenvalue weighted by Gasteiger charge is 2.31. The van der Waals surface area contributed by atoms with Crippen LogP contribution >= 0.6 is 24.8 Å². The first-order valence-corrected chi connectivity index (χ1v) is 8.89. The number of alkyl halides is 2. The van der Waals surface area contributed by atoms with E-state index in [-0.39, 0.29) is 55.2 Å². The van der Waals surface area contributed by atoms with Crippen LogP contribution in [0.5, 0.6) is 0 Å². The molecule has 0 unspecified atom stereocenters. The van der Waals surface area contributed by atoms with Gasteiger partial charge in [-0.05, 0) is 5.16 Å². The molecule has 0 aliphatic rings. The second-order valence-electron chi connectivity index (χ2n) is 6.12. The maximum Gasteiger partial charge on any atom is 0.294 e. The molecule has 0 bridgehead atoms. The van der Waals surface area contributed by atoms with E-state index in [0.29, 0.717) is 0 Å². The van der Waals surface area contributed by atoms with Crippen molar-refractivity contribution in [2.24, 2.45) is 16.6 Å². The average molecular weight is 507 g/mol. The van der Waals surface area contributed by atoms with Crippen molar-refractivity contribution in [2.75, 3.05) is 25.0 Å². The van der Waals surface area contributed by atoms with Crippen molar-refractivity contribution in [3.05, 3.63) is 58.1 Å². The van der Waals surface area contributed by atoms with Gasteiger partial charge in [0.25, 0.3) is 11.5 Å². The van der Waals surface area contributed by atoms with Gasteiger partial charge in [-0.3, -0.25) is 14.2 Å². The van der Waals surface area contributed by atoms with E-state index in [4.69, 9.17) is 16.3 Å². The summed E-state index contributed by atoms with van der Waals surface area (Å²) in [5.41, 5.74) is 8.80. The van der Waals surface area contributed by atoms with Gasteiger partial charge in [-0.25, -0.2) is 4.98 Å². The Hall–Kier alpha value is -3.63. The number of aromatic nitrogens is 2. The molecule has 1 amide bonds. The molecule has 0 saturated carbocycles. The minimum Gasteiger partial charge on any atom is -0.391 e. The zero-order valence-corrected chi connectivity index (χ0v) is 18.7. The molecule has 0 atom stereocenters. The van der Waals surface area contributed by atoms with E-state index in [1.165, 1.54) is 24.3 Å².